The van der Waals surface area contributed by atoms with Gasteiger partial charge in [-0.05, 0) is 57.6 Å². The van der Waals surface area contributed by atoms with E-state index in [0.29, 0.717) is 29.1 Å². The highest BCUT2D eigenvalue weighted by atomic mass is 16.6. The minimum atomic E-state index is -1.13. The summed E-state index contributed by atoms with van der Waals surface area (Å²) in [5.41, 5.74) is -0.760. The topological polar surface area (TPSA) is 145 Å². The first kappa shape index (κ1) is 36.9. The number of nitrogens with zero attached hydrogens (tertiary/aromatic N) is 2. The maximum Gasteiger partial charge on any atom is 0.408 e. The van der Waals surface area contributed by atoms with Crippen molar-refractivity contribution in [2.75, 3.05) is 20.8 Å². The maximum atomic E-state index is 14.6. The lowest BCUT2D eigenvalue weighted by Crippen LogP contribution is -2.60. The highest BCUT2D eigenvalue weighted by Gasteiger charge is 2.75. The Morgan fingerprint density at radius 1 is 0.962 bits per heavy atom. The Morgan fingerprint density at radius 3 is 2.25 bits per heavy atom. The van der Waals surface area contributed by atoms with Gasteiger partial charge in [0, 0.05) is 34.9 Å². The first-order chi connectivity index (χ1) is 24.5. The number of alkyl carbamates (subject to hydrolysis) is 1. The molecule has 3 amide bonds. The van der Waals surface area contributed by atoms with Crippen LogP contribution in [-0.4, -0.2) is 83.9 Å². The quantitative estimate of drug-likeness (QED) is 0.263. The number of methoxy groups -OCH3 is 2. The number of benzene rings is 2. The van der Waals surface area contributed by atoms with Gasteiger partial charge >= 0.3 is 12.1 Å². The Morgan fingerprint density at radius 2 is 1.67 bits per heavy atom. The molecule has 278 valence electrons. The second-order valence-electron chi connectivity index (χ2n) is 16.4. The number of carbonyl (C=O) groups excluding carboxylic acids is 4. The predicted molar refractivity (Wildman–Crippen MR) is 195 cm³/mol. The Hall–Kier alpha value is -4.87. The average Bonchev–Trinajstić information content (AvgIpc) is 3.59. The fourth-order valence-electron chi connectivity index (χ4n) is 7.61. The number of fused-ring (bicyclic) bond motifs is 1. The molecule has 2 aliphatic carbocycles. The van der Waals surface area contributed by atoms with E-state index in [-0.39, 0.29) is 18.4 Å². The fraction of sp³-hybridized carbons (Fsp3) is 0.525. The molecule has 3 aromatic rings. The first-order valence-electron chi connectivity index (χ1n) is 17.9. The van der Waals surface area contributed by atoms with Crippen LogP contribution in [0.2, 0.25) is 0 Å². The van der Waals surface area contributed by atoms with Crippen molar-refractivity contribution in [1.29, 1.82) is 0 Å². The minimum Gasteiger partial charge on any atom is -0.497 e. The number of pyridine rings is 1. The van der Waals surface area contributed by atoms with Crippen LogP contribution in [0.1, 0.15) is 73.6 Å². The van der Waals surface area contributed by atoms with E-state index in [1.807, 2.05) is 75.4 Å². The summed E-state index contributed by atoms with van der Waals surface area (Å²) in [4.78, 5) is 61.5. The molecule has 2 saturated carbocycles. The molecule has 1 aromatic heterocycles. The van der Waals surface area contributed by atoms with Crippen LogP contribution in [0.15, 0.2) is 54.6 Å². The van der Waals surface area contributed by atoms with E-state index >= 15 is 0 Å². The van der Waals surface area contributed by atoms with Gasteiger partial charge in [-0.1, -0.05) is 57.5 Å². The zero-order chi connectivity index (χ0) is 37.6. The Balaban J connectivity index is 1.35. The molecule has 3 fully saturated rings. The number of hydrogen-bond acceptors (Lipinski definition) is 9. The SMILES string of the molecule is COC(=O)C1(NC(=O)[C@@H]2C[C@@H](Oc3cc(-c4ccccc4)nc4cc(OC)ccc34)CN2C(=O)[C@@H](NC(=O)OC(C)(C)C)C(C)(C)C)CC12CCC2. The first-order valence-corrected chi connectivity index (χ1v) is 17.9. The Bertz CT molecular complexity index is 1860. The summed E-state index contributed by atoms with van der Waals surface area (Å²) < 4.78 is 22.9. The molecule has 0 radical (unpaired) electrons. The molecular formula is C40H50N4O8. The van der Waals surface area contributed by atoms with Gasteiger partial charge in [0.25, 0.3) is 0 Å². The van der Waals surface area contributed by atoms with E-state index in [2.05, 4.69) is 10.6 Å². The number of hydrogen-bond donors (Lipinski definition) is 2. The Labute approximate surface area is 304 Å². The number of ether oxygens (including phenoxy) is 4. The third-order valence-corrected chi connectivity index (χ3v) is 10.5. The number of aromatic nitrogens is 1. The summed E-state index contributed by atoms with van der Waals surface area (Å²) in [5.74, 6) is -0.227. The third-order valence-electron chi connectivity index (χ3n) is 10.5. The number of rotatable bonds is 9. The number of esters is 1. The zero-order valence-corrected chi connectivity index (χ0v) is 31.3. The predicted octanol–water partition coefficient (Wildman–Crippen LogP) is 5.80. The molecule has 1 unspecified atom stereocenters. The lowest BCUT2D eigenvalue weighted by Gasteiger charge is -2.36. The second-order valence-corrected chi connectivity index (χ2v) is 16.4. The van der Waals surface area contributed by atoms with Gasteiger partial charge in [0.2, 0.25) is 11.8 Å². The molecule has 52 heavy (non-hydrogen) atoms. The molecule has 4 atom stereocenters. The largest absolute Gasteiger partial charge is 0.497 e. The van der Waals surface area contributed by atoms with Crippen LogP contribution < -0.4 is 20.1 Å². The molecule has 0 bridgehead atoms. The van der Waals surface area contributed by atoms with Gasteiger partial charge in [-0.15, -0.1) is 0 Å². The summed E-state index contributed by atoms with van der Waals surface area (Å²) >= 11 is 0. The molecule has 1 spiro atoms. The number of nitrogens with one attached hydrogen (secondary N) is 2. The van der Waals surface area contributed by atoms with Crippen LogP contribution in [0, 0.1) is 10.8 Å². The average molecular weight is 715 g/mol. The van der Waals surface area contributed by atoms with Crippen LogP contribution in [0.5, 0.6) is 11.5 Å². The Kier molecular flexibility index (Phi) is 9.65. The highest BCUT2D eigenvalue weighted by Crippen LogP contribution is 2.68. The van der Waals surface area contributed by atoms with E-state index in [1.165, 1.54) is 12.0 Å². The highest BCUT2D eigenvalue weighted by molar-refractivity contribution is 5.97. The molecule has 6 rings (SSSR count). The molecule has 2 N–H and O–H groups in total. The van der Waals surface area contributed by atoms with Crippen LogP contribution in [-0.2, 0) is 23.9 Å². The van der Waals surface area contributed by atoms with Crippen molar-refractivity contribution in [3.05, 3.63) is 54.6 Å². The molecule has 12 heteroatoms. The summed E-state index contributed by atoms with van der Waals surface area (Å²) in [7, 11) is 2.92. The van der Waals surface area contributed by atoms with Crippen LogP contribution >= 0.6 is 0 Å². The van der Waals surface area contributed by atoms with E-state index in [4.69, 9.17) is 23.9 Å². The van der Waals surface area contributed by atoms with Gasteiger partial charge in [0.05, 0.1) is 32.0 Å². The molecule has 12 nitrogen and oxygen atoms in total. The minimum absolute atomic E-state index is 0.0521. The molecule has 1 aliphatic heterocycles. The number of likely N-dealkylation sites (tertiary alicyclic amines) is 1. The third kappa shape index (κ3) is 7.12. The van der Waals surface area contributed by atoms with Crippen molar-refractivity contribution in [3.63, 3.8) is 0 Å². The number of carbonyl (C=O) groups is 4. The van der Waals surface area contributed by atoms with E-state index < -0.39 is 58.6 Å². The molecular weight excluding hydrogens is 664 g/mol. The van der Waals surface area contributed by atoms with Crippen molar-refractivity contribution in [2.24, 2.45) is 10.8 Å². The zero-order valence-electron chi connectivity index (χ0n) is 31.3. The van der Waals surface area contributed by atoms with Crippen molar-refractivity contribution in [2.45, 2.75) is 103 Å². The molecule has 2 aromatic carbocycles. The summed E-state index contributed by atoms with van der Waals surface area (Å²) in [6, 6.07) is 15.1. The van der Waals surface area contributed by atoms with E-state index in [0.717, 1.165) is 30.2 Å². The lowest BCUT2D eigenvalue weighted by atomic mass is 9.77. The van der Waals surface area contributed by atoms with E-state index in [9.17, 15) is 19.2 Å². The van der Waals surface area contributed by atoms with Gasteiger partial charge in [0.1, 0.15) is 40.8 Å². The van der Waals surface area contributed by atoms with Gasteiger partial charge in [0.15, 0.2) is 0 Å². The van der Waals surface area contributed by atoms with Crippen LogP contribution in [0.4, 0.5) is 4.79 Å². The standard InChI is InChI=1S/C40H50N4O8/c1-37(2,3)32(42-36(48)52-38(4,5)6)34(46)44-22-26(20-30(44)33(45)43-40(35(47)50-8)23-39(40)17-12-18-39)51-31-21-28(24-13-10-9-11-14-24)41-29-19-25(49-7)15-16-27(29)31/h9-11,13-16,19,21,26,30,32H,12,17-18,20,22-23H2,1-8H3,(H,42,48)(H,43,45)/t26-,30+,32-,40?/m1/s1. The molecule has 1 saturated heterocycles. The number of amides is 3. The van der Waals surface area contributed by atoms with Gasteiger partial charge in [-0.25, -0.2) is 14.6 Å². The maximum absolute atomic E-state index is 14.6. The van der Waals surface area contributed by atoms with Crippen LogP contribution in [0.25, 0.3) is 22.2 Å². The molecule has 3 aliphatic rings. The van der Waals surface area contributed by atoms with Crippen LogP contribution in [0.3, 0.4) is 0 Å². The lowest BCUT2D eigenvalue weighted by molar-refractivity contribution is -0.150. The van der Waals surface area contributed by atoms with Gasteiger partial charge in [-0.3, -0.25) is 9.59 Å². The van der Waals surface area contributed by atoms with Crippen molar-refractivity contribution >= 4 is 34.8 Å². The normalized spacial score (nSPS) is 22.6. The summed E-state index contributed by atoms with van der Waals surface area (Å²) in [5, 5.41) is 6.56. The van der Waals surface area contributed by atoms with Crippen molar-refractivity contribution in [1.82, 2.24) is 20.5 Å². The smallest absolute Gasteiger partial charge is 0.408 e. The van der Waals surface area contributed by atoms with Gasteiger partial charge < -0.3 is 34.5 Å². The van der Waals surface area contributed by atoms with Crippen molar-refractivity contribution < 1.29 is 38.1 Å². The summed E-state index contributed by atoms with van der Waals surface area (Å²) in [6.45, 7) is 10.8. The van der Waals surface area contributed by atoms with Gasteiger partial charge in [-0.2, -0.15) is 0 Å². The van der Waals surface area contributed by atoms with E-state index in [1.54, 1.807) is 27.9 Å². The molecule has 2 heterocycles. The fourth-order valence-corrected chi connectivity index (χ4v) is 7.61. The monoisotopic (exact) mass is 714 g/mol. The van der Waals surface area contributed by atoms with Crippen molar-refractivity contribution in [3.8, 4) is 22.8 Å². The second kappa shape index (κ2) is 13.6. The summed E-state index contributed by atoms with van der Waals surface area (Å²) in [6.07, 6.45) is 1.89.